The molecule has 0 aliphatic heterocycles. The third-order valence-electron chi connectivity index (χ3n) is 3.85. The molecular weight excluding hydrogens is 320 g/mol. The van der Waals surface area contributed by atoms with Crippen molar-refractivity contribution in [1.29, 1.82) is 0 Å². The molecule has 0 heterocycles. The van der Waals surface area contributed by atoms with E-state index in [0.717, 1.165) is 15.6 Å². The van der Waals surface area contributed by atoms with Crippen molar-refractivity contribution in [2.75, 3.05) is 0 Å². The second-order valence-corrected chi connectivity index (χ2v) is 12.1. The molecule has 0 aromatic heterocycles. The zero-order valence-corrected chi connectivity index (χ0v) is 15.2. The number of hydrogen-bond acceptors (Lipinski definition) is 2. The number of rotatable bonds is 4. The zero-order chi connectivity index (χ0) is 14.8. The Hall–Kier alpha value is -0.453. The van der Waals surface area contributed by atoms with Crippen LogP contribution in [-0.2, 0) is 11.0 Å². The van der Waals surface area contributed by atoms with E-state index in [0.29, 0.717) is 6.61 Å². The summed E-state index contributed by atoms with van der Waals surface area (Å²) in [5.41, 5.74) is 1.82. The van der Waals surface area contributed by atoms with Crippen molar-refractivity contribution in [1.82, 2.24) is 0 Å². The molecule has 1 aromatic rings. The van der Waals surface area contributed by atoms with Gasteiger partial charge in [-0.3, -0.25) is 4.79 Å². The van der Waals surface area contributed by atoms with Crippen molar-refractivity contribution in [3.05, 3.63) is 33.8 Å². The number of carbonyl (C=O) groups is 1. The summed E-state index contributed by atoms with van der Waals surface area (Å²) in [7, 11) is -1.73. The van der Waals surface area contributed by atoms with E-state index in [1.54, 1.807) is 6.92 Å². The second-order valence-electron chi connectivity index (χ2n) is 6.41. The average molecular weight is 343 g/mol. The first-order valence-electron chi connectivity index (χ1n) is 6.48. The molecule has 0 aliphatic carbocycles. The van der Waals surface area contributed by atoms with Crippen molar-refractivity contribution >= 4 is 30.0 Å². The average Bonchev–Trinajstić information content (AvgIpc) is 2.25. The minimum absolute atomic E-state index is 0.0811. The Morgan fingerprint density at radius 2 is 1.89 bits per heavy atom. The van der Waals surface area contributed by atoms with Gasteiger partial charge in [0.05, 0.1) is 6.61 Å². The molecule has 0 saturated heterocycles. The molecule has 106 valence electrons. The number of carbonyl (C=O) groups excluding carboxylic acids is 1. The van der Waals surface area contributed by atoms with E-state index < -0.39 is 8.32 Å². The maximum absolute atomic E-state index is 11.3. The summed E-state index contributed by atoms with van der Waals surface area (Å²) in [6.07, 6.45) is 0. The van der Waals surface area contributed by atoms with Gasteiger partial charge in [-0.1, -0.05) is 48.8 Å². The smallest absolute Gasteiger partial charge is 0.192 e. The predicted molar refractivity (Wildman–Crippen MR) is 86.1 cm³/mol. The molecule has 0 saturated carbocycles. The van der Waals surface area contributed by atoms with Crippen LogP contribution in [0.15, 0.2) is 22.7 Å². The van der Waals surface area contributed by atoms with Crippen LogP contribution in [0.5, 0.6) is 0 Å². The summed E-state index contributed by atoms with van der Waals surface area (Å²) >= 11 is 3.52. The van der Waals surface area contributed by atoms with E-state index in [4.69, 9.17) is 4.43 Å². The van der Waals surface area contributed by atoms with Crippen LogP contribution in [0.3, 0.4) is 0 Å². The fraction of sp³-hybridized carbons (Fsp3) is 0.533. The van der Waals surface area contributed by atoms with Crippen LogP contribution < -0.4 is 0 Å². The molecule has 0 spiro atoms. The van der Waals surface area contributed by atoms with Crippen LogP contribution in [0.4, 0.5) is 0 Å². The van der Waals surface area contributed by atoms with Crippen molar-refractivity contribution in [3.8, 4) is 0 Å². The zero-order valence-electron chi connectivity index (χ0n) is 12.6. The van der Waals surface area contributed by atoms with Gasteiger partial charge in [-0.2, -0.15) is 0 Å². The first-order valence-corrected chi connectivity index (χ1v) is 10.2. The lowest BCUT2D eigenvalue weighted by atomic mass is 10.1. The summed E-state index contributed by atoms with van der Waals surface area (Å²) in [6.45, 7) is 13.3. The van der Waals surface area contributed by atoms with Crippen molar-refractivity contribution in [2.24, 2.45) is 0 Å². The minimum Gasteiger partial charge on any atom is -0.413 e. The van der Waals surface area contributed by atoms with Crippen LogP contribution >= 0.6 is 15.9 Å². The van der Waals surface area contributed by atoms with E-state index in [1.807, 2.05) is 18.2 Å². The van der Waals surface area contributed by atoms with E-state index in [9.17, 15) is 4.79 Å². The van der Waals surface area contributed by atoms with E-state index >= 15 is 0 Å². The molecule has 0 radical (unpaired) electrons. The fourth-order valence-corrected chi connectivity index (χ4v) is 2.80. The Balaban J connectivity index is 2.82. The number of hydrogen-bond donors (Lipinski definition) is 0. The molecule has 0 fully saturated rings. The third-order valence-corrected chi connectivity index (χ3v) is 9.07. The Kier molecular flexibility index (Phi) is 5.15. The Morgan fingerprint density at radius 1 is 1.32 bits per heavy atom. The van der Waals surface area contributed by atoms with Gasteiger partial charge in [-0.05, 0) is 36.7 Å². The highest BCUT2D eigenvalue weighted by molar-refractivity contribution is 9.10. The molecule has 0 N–H and O–H groups in total. The van der Waals surface area contributed by atoms with Gasteiger partial charge < -0.3 is 4.43 Å². The molecule has 0 unspecified atom stereocenters. The summed E-state index contributed by atoms with van der Waals surface area (Å²) < 4.78 is 7.13. The van der Waals surface area contributed by atoms with E-state index in [-0.39, 0.29) is 10.8 Å². The summed E-state index contributed by atoms with van der Waals surface area (Å²) in [5, 5.41) is 0.207. The molecule has 0 amide bonds. The number of ketones is 1. The van der Waals surface area contributed by atoms with Crippen LogP contribution in [-0.4, -0.2) is 14.1 Å². The lowest BCUT2D eigenvalue weighted by molar-refractivity contribution is 0.101. The summed E-state index contributed by atoms with van der Waals surface area (Å²) in [5.74, 6) is 0.0811. The second kappa shape index (κ2) is 5.90. The first kappa shape index (κ1) is 16.6. The third kappa shape index (κ3) is 4.26. The first-order chi connectivity index (χ1) is 8.54. The highest BCUT2D eigenvalue weighted by atomic mass is 79.9. The summed E-state index contributed by atoms with van der Waals surface area (Å²) in [4.78, 5) is 11.3. The van der Waals surface area contributed by atoms with E-state index in [1.165, 1.54) is 0 Å². The number of Topliss-reactive ketones (excluding diaryl/α,β-unsaturated/α-hetero) is 1. The summed E-state index contributed by atoms with van der Waals surface area (Å²) in [6, 6.07) is 5.69. The Morgan fingerprint density at radius 3 is 2.32 bits per heavy atom. The fourth-order valence-electron chi connectivity index (χ4n) is 1.36. The van der Waals surface area contributed by atoms with Gasteiger partial charge in [0.15, 0.2) is 14.1 Å². The van der Waals surface area contributed by atoms with Gasteiger partial charge in [0.1, 0.15) is 0 Å². The minimum atomic E-state index is -1.73. The van der Waals surface area contributed by atoms with Gasteiger partial charge in [0.2, 0.25) is 0 Å². The number of benzene rings is 1. The molecule has 1 aromatic carbocycles. The largest absolute Gasteiger partial charge is 0.413 e. The van der Waals surface area contributed by atoms with Gasteiger partial charge >= 0.3 is 0 Å². The van der Waals surface area contributed by atoms with Gasteiger partial charge in [0, 0.05) is 10.0 Å². The van der Waals surface area contributed by atoms with Crippen LogP contribution in [0.1, 0.15) is 43.6 Å². The normalized spacial score (nSPS) is 12.6. The Labute approximate surface area is 125 Å². The number of halogens is 1. The SMILES string of the molecule is CC(=O)c1ccc(CO[Si](C)(C)C(C)(C)C)c(Br)c1. The van der Waals surface area contributed by atoms with Crippen molar-refractivity contribution < 1.29 is 9.22 Å². The maximum atomic E-state index is 11.3. The highest BCUT2D eigenvalue weighted by Gasteiger charge is 2.37. The van der Waals surface area contributed by atoms with Gasteiger partial charge in [-0.25, -0.2) is 0 Å². The standard InChI is InChI=1S/C15H23BrO2Si/c1-11(17)12-7-8-13(14(16)9-12)10-18-19(5,6)15(2,3)4/h7-9H,10H2,1-6H3. The molecule has 0 bridgehead atoms. The lowest BCUT2D eigenvalue weighted by Gasteiger charge is -2.36. The highest BCUT2D eigenvalue weighted by Crippen LogP contribution is 2.37. The predicted octanol–water partition coefficient (Wildman–Crippen LogP) is 5.17. The molecule has 4 heteroatoms. The lowest BCUT2D eigenvalue weighted by Crippen LogP contribution is -2.40. The van der Waals surface area contributed by atoms with Crippen LogP contribution in [0.25, 0.3) is 0 Å². The maximum Gasteiger partial charge on any atom is 0.192 e. The van der Waals surface area contributed by atoms with E-state index in [2.05, 4.69) is 49.8 Å². The van der Waals surface area contributed by atoms with Crippen molar-refractivity contribution in [2.45, 2.75) is 52.4 Å². The van der Waals surface area contributed by atoms with Crippen molar-refractivity contribution in [3.63, 3.8) is 0 Å². The van der Waals surface area contributed by atoms with Gasteiger partial charge in [0.25, 0.3) is 0 Å². The van der Waals surface area contributed by atoms with Gasteiger partial charge in [-0.15, -0.1) is 0 Å². The quantitative estimate of drug-likeness (QED) is 0.557. The van der Waals surface area contributed by atoms with Crippen LogP contribution in [0, 0.1) is 0 Å². The molecule has 0 aliphatic rings. The molecule has 0 atom stereocenters. The molecular formula is C15H23BrO2Si. The van der Waals surface area contributed by atoms with Crippen LogP contribution in [0.2, 0.25) is 18.1 Å². The monoisotopic (exact) mass is 342 g/mol. The molecule has 1 rings (SSSR count). The molecule has 19 heavy (non-hydrogen) atoms. The molecule has 2 nitrogen and oxygen atoms in total. The topological polar surface area (TPSA) is 26.3 Å². The Bertz CT molecular complexity index is 476.